The van der Waals surface area contributed by atoms with Crippen molar-refractivity contribution in [2.45, 2.75) is 45.5 Å². The maximum Gasteiger partial charge on any atom is 0.492 e. The van der Waals surface area contributed by atoms with E-state index in [-0.39, 0.29) is 18.9 Å². The standard InChI is InChI=1S/C22H27BN2O5/c1-21(2)22(3,4)30-23(29-21)17(13-18-19(26)11-8-12-24-18)14-25-20(27)28-15-16-9-6-5-7-10-16/h5-13,26H,14-15H2,1-4H3,(H,25,27). The molecule has 0 spiro atoms. The molecular weight excluding hydrogens is 383 g/mol. The zero-order valence-corrected chi connectivity index (χ0v) is 17.7. The lowest BCUT2D eigenvalue weighted by Crippen LogP contribution is -2.41. The summed E-state index contributed by atoms with van der Waals surface area (Å²) in [4.78, 5) is 16.4. The maximum atomic E-state index is 12.2. The van der Waals surface area contributed by atoms with E-state index in [0.29, 0.717) is 11.2 Å². The molecule has 0 unspecified atom stereocenters. The largest absolute Gasteiger partial charge is 0.506 e. The first-order chi connectivity index (χ1) is 14.2. The maximum absolute atomic E-state index is 12.2. The van der Waals surface area contributed by atoms with Crippen LogP contribution in [-0.2, 0) is 20.7 Å². The van der Waals surface area contributed by atoms with Gasteiger partial charge in [0.15, 0.2) is 0 Å². The molecular formula is C22H27BN2O5. The lowest BCUT2D eigenvalue weighted by molar-refractivity contribution is 0.00578. The molecule has 1 aromatic heterocycles. The summed E-state index contributed by atoms with van der Waals surface area (Å²) in [5.41, 5.74) is 0.779. The van der Waals surface area contributed by atoms with E-state index in [1.165, 1.54) is 0 Å². The Balaban J connectivity index is 1.72. The van der Waals surface area contributed by atoms with E-state index >= 15 is 0 Å². The van der Waals surface area contributed by atoms with E-state index in [1.807, 2.05) is 58.0 Å². The number of alkyl carbamates (subject to hydrolysis) is 1. The minimum Gasteiger partial charge on any atom is -0.506 e. The van der Waals surface area contributed by atoms with E-state index in [4.69, 9.17) is 14.0 Å². The van der Waals surface area contributed by atoms with Crippen LogP contribution in [0.5, 0.6) is 5.75 Å². The fourth-order valence-electron chi connectivity index (χ4n) is 2.84. The summed E-state index contributed by atoms with van der Waals surface area (Å²) in [5.74, 6) is 0.0261. The molecule has 1 aromatic carbocycles. The van der Waals surface area contributed by atoms with Crippen molar-refractivity contribution in [3.05, 3.63) is 65.4 Å². The van der Waals surface area contributed by atoms with E-state index in [0.717, 1.165) is 5.56 Å². The zero-order chi connectivity index (χ0) is 21.8. The van der Waals surface area contributed by atoms with Crippen LogP contribution in [0.3, 0.4) is 0 Å². The van der Waals surface area contributed by atoms with E-state index in [2.05, 4.69) is 10.3 Å². The van der Waals surface area contributed by atoms with Crippen LogP contribution in [0.2, 0.25) is 0 Å². The number of ether oxygens (including phenoxy) is 1. The van der Waals surface area contributed by atoms with Crippen molar-refractivity contribution in [2.75, 3.05) is 6.54 Å². The van der Waals surface area contributed by atoms with Crippen LogP contribution in [-0.4, -0.2) is 41.0 Å². The van der Waals surface area contributed by atoms with Crippen LogP contribution in [0.15, 0.2) is 54.1 Å². The molecule has 0 aliphatic carbocycles. The molecule has 1 saturated heterocycles. The van der Waals surface area contributed by atoms with Crippen molar-refractivity contribution < 1.29 is 23.9 Å². The third-order valence-corrected chi connectivity index (χ3v) is 5.34. The van der Waals surface area contributed by atoms with Crippen molar-refractivity contribution in [3.8, 4) is 5.75 Å². The number of hydrogen-bond acceptors (Lipinski definition) is 6. The van der Waals surface area contributed by atoms with Gasteiger partial charge in [-0.3, -0.25) is 4.98 Å². The zero-order valence-electron chi connectivity index (χ0n) is 17.7. The number of nitrogens with zero attached hydrogens (tertiary/aromatic N) is 1. The fourth-order valence-corrected chi connectivity index (χ4v) is 2.84. The Morgan fingerprint density at radius 3 is 2.43 bits per heavy atom. The molecule has 158 valence electrons. The second kappa shape index (κ2) is 8.89. The normalized spacial score (nSPS) is 17.6. The van der Waals surface area contributed by atoms with Crippen molar-refractivity contribution in [1.82, 2.24) is 10.3 Å². The average Bonchev–Trinajstić information content (AvgIpc) is 2.92. The van der Waals surface area contributed by atoms with Gasteiger partial charge >= 0.3 is 13.2 Å². The quantitative estimate of drug-likeness (QED) is 0.706. The van der Waals surface area contributed by atoms with Gasteiger partial charge in [0.25, 0.3) is 0 Å². The molecule has 1 aliphatic heterocycles. The number of carbonyl (C=O) groups excluding carboxylic acids is 1. The van der Waals surface area contributed by atoms with Gasteiger partial charge in [0.2, 0.25) is 0 Å². The Bertz CT molecular complexity index is 899. The molecule has 1 amide bonds. The van der Waals surface area contributed by atoms with Gasteiger partial charge in [-0.05, 0) is 56.9 Å². The second-order valence-electron chi connectivity index (χ2n) is 8.13. The third kappa shape index (κ3) is 5.20. The minimum absolute atomic E-state index is 0.0261. The Kier molecular flexibility index (Phi) is 6.48. The number of rotatable bonds is 6. The van der Waals surface area contributed by atoms with Gasteiger partial charge in [0, 0.05) is 12.7 Å². The highest BCUT2D eigenvalue weighted by atomic mass is 16.7. The lowest BCUT2D eigenvalue weighted by atomic mass is 9.77. The van der Waals surface area contributed by atoms with E-state index in [1.54, 1.807) is 24.4 Å². The number of hydrogen-bond donors (Lipinski definition) is 2. The molecule has 2 heterocycles. The number of carbonyl (C=O) groups is 1. The highest BCUT2D eigenvalue weighted by Gasteiger charge is 2.52. The number of nitrogens with one attached hydrogen (secondary N) is 1. The Morgan fingerprint density at radius 1 is 1.13 bits per heavy atom. The van der Waals surface area contributed by atoms with Gasteiger partial charge in [0.1, 0.15) is 18.1 Å². The molecule has 3 rings (SSSR count). The molecule has 2 aromatic rings. The molecule has 8 heteroatoms. The molecule has 2 N–H and O–H groups in total. The van der Waals surface area contributed by atoms with Crippen LogP contribution in [0.1, 0.15) is 39.0 Å². The SMILES string of the molecule is CC1(C)OB(C(=Cc2ncccc2O)CNC(=O)OCc2ccccc2)OC1(C)C. The highest BCUT2D eigenvalue weighted by Crippen LogP contribution is 2.38. The van der Waals surface area contributed by atoms with Crippen LogP contribution >= 0.6 is 0 Å². The summed E-state index contributed by atoms with van der Waals surface area (Å²) >= 11 is 0. The smallest absolute Gasteiger partial charge is 0.492 e. The number of amides is 1. The van der Waals surface area contributed by atoms with Crippen molar-refractivity contribution in [3.63, 3.8) is 0 Å². The van der Waals surface area contributed by atoms with Crippen LogP contribution < -0.4 is 5.32 Å². The van der Waals surface area contributed by atoms with Crippen LogP contribution in [0.4, 0.5) is 4.79 Å². The summed E-state index contributed by atoms with van der Waals surface area (Å²) in [6, 6.07) is 12.6. The van der Waals surface area contributed by atoms with Gasteiger partial charge in [-0.1, -0.05) is 30.3 Å². The Morgan fingerprint density at radius 2 is 1.80 bits per heavy atom. The van der Waals surface area contributed by atoms with E-state index in [9.17, 15) is 9.90 Å². The van der Waals surface area contributed by atoms with Gasteiger partial charge in [-0.2, -0.15) is 0 Å². The van der Waals surface area contributed by atoms with Gasteiger partial charge < -0.3 is 24.5 Å². The number of aromatic nitrogens is 1. The Labute approximate surface area is 177 Å². The summed E-state index contributed by atoms with van der Waals surface area (Å²) in [5, 5.41) is 12.8. The predicted octanol–water partition coefficient (Wildman–Crippen LogP) is 3.73. The van der Waals surface area contributed by atoms with E-state index < -0.39 is 24.4 Å². The minimum atomic E-state index is -0.703. The molecule has 1 fully saturated rings. The molecule has 0 radical (unpaired) electrons. The average molecular weight is 410 g/mol. The summed E-state index contributed by atoms with van der Waals surface area (Å²) in [6.07, 6.45) is 2.68. The molecule has 0 saturated carbocycles. The van der Waals surface area contributed by atoms with Crippen LogP contribution in [0, 0.1) is 0 Å². The third-order valence-electron chi connectivity index (χ3n) is 5.34. The highest BCUT2D eigenvalue weighted by molar-refractivity contribution is 6.56. The summed E-state index contributed by atoms with van der Waals surface area (Å²) < 4.78 is 17.5. The van der Waals surface area contributed by atoms with Crippen molar-refractivity contribution in [2.24, 2.45) is 0 Å². The first kappa shape index (κ1) is 21.9. The lowest BCUT2D eigenvalue weighted by Gasteiger charge is -2.32. The number of pyridine rings is 1. The van der Waals surface area contributed by atoms with Gasteiger partial charge in [0.05, 0.1) is 11.2 Å². The van der Waals surface area contributed by atoms with Crippen LogP contribution in [0.25, 0.3) is 6.08 Å². The Hall–Kier alpha value is -2.84. The predicted molar refractivity (Wildman–Crippen MR) is 115 cm³/mol. The van der Waals surface area contributed by atoms with Gasteiger partial charge in [-0.25, -0.2) is 4.79 Å². The van der Waals surface area contributed by atoms with Gasteiger partial charge in [-0.15, -0.1) is 0 Å². The van der Waals surface area contributed by atoms with Crippen molar-refractivity contribution >= 4 is 19.3 Å². The first-order valence-electron chi connectivity index (χ1n) is 9.82. The topological polar surface area (TPSA) is 89.9 Å². The molecule has 30 heavy (non-hydrogen) atoms. The first-order valence-corrected chi connectivity index (χ1v) is 9.82. The van der Waals surface area contributed by atoms with Crippen molar-refractivity contribution in [1.29, 1.82) is 0 Å². The monoisotopic (exact) mass is 410 g/mol. The number of aromatic hydroxyl groups is 1. The summed E-state index contributed by atoms with van der Waals surface area (Å²) in [7, 11) is -0.703. The molecule has 0 bridgehead atoms. The molecule has 1 aliphatic rings. The molecule has 0 atom stereocenters. The summed E-state index contributed by atoms with van der Waals surface area (Å²) in [6.45, 7) is 8.08. The fraction of sp³-hybridized carbons (Fsp3) is 0.364. The number of benzene rings is 1. The molecule has 7 nitrogen and oxygen atoms in total. The second-order valence-corrected chi connectivity index (χ2v) is 8.13.